The summed E-state index contributed by atoms with van der Waals surface area (Å²) >= 11 is 1.44. The van der Waals surface area contributed by atoms with Gasteiger partial charge in [0.15, 0.2) is 11.0 Å². The summed E-state index contributed by atoms with van der Waals surface area (Å²) in [5.41, 5.74) is 4.53. The van der Waals surface area contributed by atoms with E-state index in [-0.39, 0.29) is 11.2 Å². The van der Waals surface area contributed by atoms with Crippen molar-refractivity contribution in [2.45, 2.75) is 51.2 Å². The average molecular weight is 395 g/mol. The lowest BCUT2D eigenvalue weighted by molar-refractivity contribution is -0.120. The first-order valence-corrected chi connectivity index (χ1v) is 10.4. The maximum Gasteiger partial charge on any atom is 0.233 e. The molecule has 3 aromatic rings. The first-order valence-electron chi connectivity index (χ1n) is 9.48. The minimum Gasteiger partial charge on any atom is -0.351 e. The number of hydrogen-bond acceptors (Lipinski definition) is 4. The van der Waals surface area contributed by atoms with Crippen molar-refractivity contribution in [3.63, 3.8) is 0 Å². The second-order valence-electron chi connectivity index (χ2n) is 6.83. The molecule has 0 aliphatic rings. The summed E-state index contributed by atoms with van der Waals surface area (Å²) < 4.78 is 2.07. The summed E-state index contributed by atoms with van der Waals surface area (Å²) in [6.45, 7) is 9.36. The highest BCUT2D eigenvalue weighted by atomic mass is 32.2. The number of benzene rings is 2. The monoisotopic (exact) mass is 394 g/mol. The molecule has 1 N–H and O–H groups in total. The number of aryl methyl sites for hydroxylation is 2. The molecule has 1 amide bonds. The normalized spacial score (nSPS) is 12.0. The Kier molecular flexibility index (Phi) is 6.52. The van der Waals surface area contributed by atoms with Crippen molar-refractivity contribution < 1.29 is 4.79 Å². The molecule has 0 aliphatic carbocycles. The zero-order chi connectivity index (χ0) is 20.1. The van der Waals surface area contributed by atoms with Crippen molar-refractivity contribution in [1.29, 1.82) is 0 Å². The van der Waals surface area contributed by atoms with Crippen molar-refractivity contribution in [2.24, 2.45) is 0 Å². The first-order chi connectivity index (χ1) is 13.5. The SMILES string of the molecule is CCn1c(S[C@H](C)C(=O)NCc2ccc(C)cc2)nnc1-c1ccccc1C. The Bertz CT molecular complexity index is 949. The number of thioether (sulfide) groups is 1. The van der Waals surface area contributed by atoms with Gasteiger partial charge in [0.25, 0.3) is 0 Å². The molecule has 0 saturated heterocycles. The van der Waals surface area contributed by atoms with Crippen LogP contribution in [-0.4, -0.2) is 25.9 Å². The van der Waals surface area contributed by atoms with E-state index in [1.54, 1.807) is 0 Å². The Labute approximate surface area is 170 Å². The highest BCUT2D eigenvalue weighted by molar-refractivity contribution is 8.00. The third kappa shape index (κ3) is 4.62. The number of nitrogens with one attached hydrogen (secondary N) is 1. The van der Waals surface area contributed by atoms with Gasteiger partial charge in [-0.15, -0.1) is 10.2 Å². The molecule has 28 heavy (non-hydrogen) atoms. The zero-order valence-corrected chi connectivity index (χ0v) is 17.6. The molecule has 5 nitrogen and oxygen atoms in total. The number of rotatable bonds is 7. The van der Waals surface area contributed by atoms with Crippen molar-refractivity contribution in [3.05, 3.63) is 65.2 Å². The van der Waals surface area contributed by atoms with Gasteiger partial charge >= 0.3 is 0 Å². The molecule has 0 aliphatic heterocycles. The number of nitrogens with zero attached hydrogens (tertiary/aromatic N) is 3. The fourth-order valence-electron chi connectivity index (χ4n) is 2.93. The van der Waals surface area contributed by atoms with E-state index in [2.05, 4.69) is 65.1 Å². The minimum absolute atomic E-state index is 0.00586. The van der Waals surface area contributed by atoms with Gasteiger partial charge in [-0.25, -0.2) is 0 Å². The van der Waals surface area contributed by atoms with E-state index in [4.69, 9.17) is 0 Å². The Morgan fingerprint density at radius 2 is 1.82 bits per heavy atom. The largest absolute Gasteiger partial charge is 0.351 e. The van der Waals surface area contributed by atoms with Crippen LogP contribution >= 0.6 is 11.8 Å². The van der Waals surface area contributed by atoms with Gasteiger partial charge in [-0.1, -0.05) is 65.9 Å². The number of carbonyl (C=O) groups excluding carboxylic acids is 1. The van der Waals surface area contributed by atoms with Crippen molar-refractivity contribution in [1.82, 2.24) is 20.1 Å². The summed E-state index contributed by atoms with van der Waals surface area (Å²) in [5, 5.41) is 12.3. The van der Waals surface area contributed by atoms with Gasteiger partial charge < -0.3 is 9.88 Å². The number of hydrogen-bond donors (Lipinski definition) is 1. The highest BCUT2D eigenvalue weighted by Gasteiger charge is 2.20. The van der Waals surface area contributed by atoms with Crippen LogP contribution < -0.4 is 5.32 Å². The Hall–Kier alpha value is -2.60. The van der Waals surface area contributed by atoms with Gasteiger partial charge in [-0.3, -0.25) is 4.79 Å². The van der Waals surface area contributed by atoms with Gasteiger partial charge in [-0.2, -0.15) is 0 Å². The molecule has 0 fully saturated rings. The number of aromatic nitrogens is 3. The van der Waals surface area contributed by atoms with Crippen LogP contribution in [0.5, 0.6) is 0 Å². The van der Waals surface area contributed by atoms with E-state index < -0.39 is 0 Å². The molecular weight excluding hydrogens is 368 g/mol. The van der Waals surface area contributed by atoms with Crippen LogP contribution in [0.25, 0.3) is 11.4 Å². The molecule has 0 unspecified atom stereocenters. The molecule has 1 atom stereocenters. The Morgan fingerprint density at radius 1 is 1.11 bits per heavy atom. The third-order valence-corrected chi connectivity index (χ3v) is 5.74. The molecular formula is C22H26N4OS. The van der Waals surface area contributed by atoms with E-state index in [1.807, 2.05) is 31.2 Å². The summed E-state index contributed by atoms with van der Waals surface area (Å²) in [6.07, 6.45) is 0. The minimum atomic E-state index is -0.260. The molecule has 0 saturated carbocycles. The maximum atomic E-state index is 12.5. The molecule has 2 aromatic carbocycles. The molecule has 1 heterocycles. The predicted molar refractivity (Wildman–Crippen MR) is 114 cm³/mol. The quantitative estimate of drug-likeness (QED) is 0.604. The Balaban J connectivity index is 1.68. The lowest BCUT2D eigenvalue weighted by Gasteiger charge is -2.13. The fraction of sp³-hybridized carbons (Fsp3) is 0.318. The van der Waals surface area contributed by atoms with E-state index >= 15 is 0 Å². The van der Waals surface area contributed by atoms with Crippen LogP contribution in [0.2, 0.25) is 0 Å². The first kappa shape index (κ1) is 20.1. The smallest absolute Gasteiger partial charge is 0.233 e. The average Bonchev–Trinajstić information content (AvgIpc) is 3.09. The number of amides is 1. The molecule has 1 aromatic heterocycles. The van der Waals surface area contributed by atoms with E-state index in [9.17, 15) is 4.79 Å². The third-order valence-electron chi connectivity index (χ3n) is 4.66. The highest BCUT2D eigenvalue weighted by Crippen LogP contribution is 2.28. The zero-order valence-electron chi connectivity index (χ0n) is 16.8. The topological polar surface area (TPSA) is 59.8 Å². The molecule has 0 radical (unpaired) electrons. The summed E-state index contributed by atoms with van der Waals surface area (Å²) in [7, 11) is 0. The molecule has 3 rings (SSSR count). The van der Waals surface area contributed by atoms with Crippen molar-refractivity contribution in [3.8, 4) is 11.4 Å². The van der Waals surface area contributed by atoms with Crippen molar-refractivity contribution in [2.75, 3.05) is 0 Å². The molecule has 146 valence electrons. The van der Waals surface area contributed by atoms with Gasteiger partial charge in [0.1, 0.15) is 0 Å². The maximum absolute atomic E-state index is 12.5. The van der Waals surface area contributed by atoms with Gasteiger partial charge in [0, 0.05) is 18.7 Å². The van der Waals surface area contributed by atoms with E-state index in [0.717, 1.165) is 34.2 Å². The van der Waals surface area contributed by atoms with Crippen LogP contribution in [0, 0.1) is 13.8 Å². The fourth-order valence-corrected chi connectivity index (χ4v) is 3.87. The van der Waals surface area contributed by atoms with Crippen LogP contribution in [-0.2, 0) is 17.9 Å². The summed E-state index contributed by atoms with van der Waals surface area (Å²) in [4.78, 5) is 12.5. The van der Waals surface area contributed by atoms with Crippen LogP contribution in [0.15, 0.2) is 53.7 Å². The van der Waals surface area contributed by atoms with Crippen LogP contribution in [0.4, 0.5) is 0 Å². The second-order valence-corrected chi connectivity index (χ2v) is 8.14. The second kappa shape index (κ2) is 9.06. The molecule has 6 heteroatoms. The lowest BCUT2D eigenvalue weighted by atomic mass is 10.1. The van der Waals surface area contributed by atoms with Gasteiger partial charge in [0.05, 0.1) is 5.25 Å². The predicted octanol–water partition coefficient (Wildman–Crippen LogP) is 4.38. The summed E-state index contributed by atoms with van der Waals surface area (Å²) in [6, 6.07) is 16.3. The van der Waals surface area contributed by atoms with Gasteiger partial charge in [0.2, 0.25) is 5.91 Å². The number of carbonyl (C=O) groups is 1. The van der Waals surface area contributed by atoms with Gasteiger partial charge in [-0.05, 0) is 38.8 Å². The summed E-state index contributed by atoms with van der Waals surface area (Å²) in [5.74, 6) is 0.837. The van der Waals surface area contributed by atoms with E-state index in [1.165, 1.54) is 17.3 Å². The van der Waals surface area contributed by atoms with Crippen LogP contribution in [0.3, 0.4) is 0 Å². The standard InChI is InChI=1S/C22H26N4OS/c1-5-26-20(19-9-7-6-8-16(19)3)24-25-22(26)28-17(4)21(27)23-14-18-12-10-15(2)11-13-18/h6-13,17H,5,14H2,1-4H3,(H,23,27)/t17-/m1/s1. The lowest BCUT2D eigenvalue weighted by Crippen LogP contribution is -2.30. The Morgan fingerprint density at radius 3 is 2.50 bits per heavy atom. The molecule has 0 bridgehead atoms. The molecule has 0 spiro atoms. The van der Waals surface area contributed by atoms with E-state index in [0.29, 0.717) is 6.54 Å². The van der Waals surface area contributed by atoms with Crippen LogP contribution in [0.1, 0.15) is 30.5 Å². The van der Waals surface area contributed by atoms with Crippen molar-refractivity contribution >= 4 is 17.7 Å².